The minimum Gasteiger partial charge on any atom is -0.381 e. The van der Waals surface area contributed by atoms with Crippen molar-refractivity contribution >= 4 is 33.4 Å². The first-order chi connectivity index (χ1) is 15.5. The maximum Gasteiger partial charge on any atom is 0.271 e. The Morgan fingerprint density at radius 2 is 2.03 bits per heavy atom. The molecular formula is C23H34FN5O2S. The third-order valence-electron chi connectivity index (χ3n) is 5.17. The van der Waals surface area contributed by atoms with Crippen LogP contribution in [0.3, 0.4) is 0 Å². The van der Waals surface area contributed by atoms with Crippen molar-refractivity contribution in [2.75, 3.05) is 25.1 Å². The molecule has 4 heterocycles. The van der Waals surface area contributed by atoms with Crippen molar-refractivity contribution < 1.29 is 16.8 Å². The molecule has 0 spiro atoms. The van der Waals surface area contributed by atoms with Crippen molar-refractivity contribution in [3.8, 4) is 0 Å². The van der Waals surface area contributed by atoms with Crippen molar-refractivity contribution in [3.05, 3.63) is 46.5 Å². The SMILES string of the molecule is CC.Cc1cc2nc(NC(C)c3cncc(F)c3)nc(C(=O)NCC3CCOCC3)c2s1.[HH].[HH]. The first-order valence-electron chi connectivity index (χ1n) is 11.0. The van der Waals surface area contributed by atoms with E-state index in [0.717, 1.165) is 47.3 Å². The molecule has 3 aromatic heterocycles. The Labute approximate surface area is 194 Å². The molecule has 4 rings (SSSR count). The third kappa shape index (κ3) is 5.98. The number of rotatable bonds is 6. The standard InChI is InChI=1S/C21H24FN5O2S.C2H6.2H2/c1-12-7-17-19(30-12)18(20(28)24-9-14-3-5-29-6-4-14)27-21(26-17)25-13(2)15-8-16(22)11-23-10-15;1-2;;/h7-8,10-11,13-14H,3-6,9H2,1-2H3,(H,24,28)(H,25,26,27);1-2H3;2*1H. The largest absolute Gasteiger partial charge is 0.381 e. The number of amides is 1. The number of ether oxygens (including phenoxy) is 1. The van der Waals surface area contributed by atoms with Gasteiger partial charge in [0.05, 0.1) is 22.5 Å². The highest BCUT2D eigenvalue weighted by atomic mass is 32.1. The Morgan fingerprint density at radius 1 is 1.28 bits per heavy atom. The van der Waals surface area contributed by atoms with Gasteiger partial charge in [0.15, 0.2) is 5.69 Å². The molecule has 9 heteroatoms. The summed E-state index contributed by atoms with van der Waals surface area (Å²) in [5, 5.41) is 6.19. The van der Waals surface area contributed by atoms with Gasteiger partial charge in [-0.05, 0) is 50.3 Å². The van der Waals surface area contributed by atoms with Crippen molar-refractivity contribution in [2.24, 2.45) is 5.92 Å². The smallest absolute Gasteiger partial charge is 0.271 e. The number of pyridine rings is 1. The van der Waals surface area contributed by atoms with Gasteiger partial charge in [0.2, 0.25) is 5.95 Å². The van der Waals surface area contributed by atoms with E-state index in [4.69, 9.17) is 4.74 Å². The van der Waals surface area contributed by atoms with Crippen molar-refractivity contribution in [1.29, 1.82) is 0 Å². The molecule has 1 amide bonds. The second-order valence-corrected chi connectivity index (χ2v) is 8.79. The number of thiophene rings is 1. The average molecular weight is 464 g/mol. The van der Waals surface area contributed by atoms with Gasteiger partial charge in [-0.1, -0.05) is 13.8 Å². The summed E-state index contributed by atoms with van der Waals surface area (Å²) >= 11 is 1.50. The molecule has 1 atom stereocenters. The quantitative estimate of drug-likeness (QED) is 0.510. The summed E-state index contributed by atoms with van der Waals surface area (Å²) in [7, 11) is 0. The van der Waals surface area contributed by atoms with Crippen LogP contribution in [-0.2, 0) is 4.74 Å². The number of nitrogens with one attached hydrogen (secondary N) is 2. The number of fused-ring (bicyclic) bond motifs is 1. The summed E-state index contributed by atoms with van der Waals surface area (Å²) in [5.41, 5.74) is 1.75. The summed E-state index contributed by atoms with van der Waals surface area (Å²) in [6.45, 7) is 9.93. The van der Waals surface area contributed by atoms with Crippen LogP contribution in [0.1, 0.15) is 63.4 Å². The van der Waals surface area contributed by atoms with Crippen LogP contribution in [0.15, 0.2) is 24.5 Å². The number of hydrogen-bond acceptors (Lipinski definition) is 7. The minimum atomic E-state index is -0.404. The zero-order chi connectivity index (χ0) is 23.1. The van der Waals surface area contributed by atoms with Crippen LogP contribution in [0.5, 0.6) is 0 Å². The molecule has 1 fully saturated rings. The highest BCUT2D eigenvalue weighted by Crippen LogP contribution is 2.28. The molecule has 0 saturated carbocycles. The molecule has 32 heavy (non-hydrogen) atoms. The maximum absolute atomic E-state index is 13.5. The van der Waals surface area contributed by atoms with Gasteiger partial charge in [0, 0.05) is 33.7 Å². The zero-order valence-corrected chi connectivity index (χ0v) is 19.8. The van der Waals surface area contributed by atoms with Crippen LogP contribution in [0.25, 0.3) is 10.2 Å². The van der Waals surface area contributed by atoms with Crippen molar-refractivity contribution in [3.63, 3.8) is 0 Å². The molecule has 1 unspecified atom stereocenters. The number of carbonyl (C=O) groups is 1. The highest BCUT2D eigenvalue weighted by Gasteiger charge is 2.20. The first-order valence-corrected chi connectivity index (χ1v) is 11.8. The van der Waals surface area contributed by atoms with E-state index in [1.807, 2.05) is 33.8 Å². The number of hydrogen-bond donors (Lipinski definition) is 2. The Morgan fingerprint density at radius 3 is 2.75 bits per heavy atom. The summed E-state index contributed by atoms with van der Waals surface area (Å²) in [4.78, 5) is 26.9. The monoisotopic (exact) mass is 463 g/mol. The van der Waals surface area contributed by atoms with E-state index in [2.05, 4.69) is 25.6 Å². The molecule has 1 aliphatic rings. The number of nitrogens with zero attached hydrogens (tertiary/aromatic N) is 3. The Balaban J connectivity index is 0.00000141. The Hall–Kier alpha value is -2.65. The van der Waals surface area contributed by atoms with Crippen LogP contribution in [0.4, 0.5) is 10.3 Å². The normalized spacial score (nSPS) is 15.0. The van der Waals surface area contributed by atoms with E-state index < -0.39 is 5.82 Å². The molecule has 0 bridgehead atoms. The van der Waals surface area contributed by atoms with Gasteiger partial charge < -0.3 is 15.4 Å². The maximum atomic E-state index is 13.5. The van der Waals surface area contributed by atoms with Gasteiger partial charge in [0.1, 0.15) is 5.82 Å². The van der Waals surface area contributed by atoms with Crippen LogP contribution < -0.4 is 10.6 Å². The lowest BCUT2D eigenvalue weighted by Gasteiger charge is -2.22. The van der Waals surface area contributed by atoms with Gasteiger partial charge in [0.25, 0.3) is 5.91 Å². The predicted octanol–water partition coefficient (Wildman–Crippen LogP) is 5.38. The Kier molecular flexibility index (Phi) is 8.46. The van der Waals surface area contributed by atoms with E-state index in [9.17, 15) is 9.18 Å². The van der Waals surface area contributed by atoms with Crippen LogP contribution >= 0.6 is 11.3 Å². The van der Waals surface area contributed by atoms with Gasteiger partial charge in [-0.25, -0.2) is 14.4 Å². The molecule has 2 N–H and O–H groups in total. The van der Waals surface area contributed by atoms with E-state index in [1.165, 1.54) is 17.4 Å². The molecule has 1 saturated heterocycles. The van der Waals surface area contributed by atoms with Crippen LogP contribution in [-0.4, -0.2) is 40.6 Å². The second kappa shape index (κ2) is 11.3. The molecule has 0 aromatic carbocycles. The lowest BCUT2D eigenvalue weighted by Crippen LogP contribution is -2.32. The summed E-state index contributed by atoms with van der Waals surface area (Å²) in [6.07, 6.45) is 4.65. The van der Waals surface area contributed by atoms with Gasteiger partial charge in [-0.3, -0.25) is 9.78 Å². The van der Waals surface area contributed by atoms with Crippen molar-refractivity contribution in [2.45, 2.75) is 46.6 Å². The average Bonchev–Trinajstić information content (AvgIpc) is 3.19. The number of aryl methyl sites for hydroxylation is 1. The Bertz CT molecular complexity index is 1060. The number of halogens is 1. The van der Waals surface area contributed by atoms with E-state index in [1.54, 1.807) is 6.20 Å². The number of carbonyl (C=O) groups excluding carboxylic acids is 1. The number of anilines is 1. The van der Waals surface area contributed by atoms with E-state index in [-0.39, 0.29) is 14.8 Å². The molecule has 176 valence electrons. The van der Waals surface area contributed by atoms with Gasteiger partial charge in [-0.2, -0.15) is 0 Å². The zero-order valence-electron chi connectivity index (χ0n) is 18.9. The van der Waals surface area contributed by atoms with Gasteiger partial charge in [-0.15, -0.1) is 11.3 Å². The fourth-order valence-electron chi connectivity index (χ4n) is 3.48. The lowest BCUT2D eigenvalue weighted by molar-refractivity contribution is 0.0642. The highest BCUT2D eigenvalue weighted by molar-refractivity contribution is 7.19. The van der Waals surface area contributed by atoms with Crippen LogP contribution in [0.2, 0.25) is 0 Å². The summed E-state index contributed by atoms with van der Waals surface area (Å²) < 4.78 is 19.7. The lowest BCUT2D eigenvalue weighted by atomic mass is 10.0. The minimum absolute atomic E-state index is 0. The number of aromatic nitrogens is 3. The molecule has 7 nitrogen and oxygen atoms in total. The molecular weight excluding hydrogens is 429 g/mol. The predicted molar refractivity (Wildman–Crippen MR) is 130 cm³/mol. The first kappa shape index (κ1) is 24.0. The fourth-order valence-corrected chi connectivity index (χ4v) is 4.42. The summed E-state index contributed by atoms with van der Waals surface area (Å²) in [6, 6.07) is 3.08. The van der Waals surface area contributed by atoms with Gasteiger partial charge >= 0.3 is 0 Å². The van der Waals surface area contributed by atoms with E-state index >= 15 is 0 Å². The van der Waals surface area contributed by atoms with Crippen molar-refractivity contribution in [1.82, 2.24) is 20.3 Å². The third-order valence-corrected chi connectivity index (χ3v) is 6.22. The van der Waals surface area contributed by atoms with E-state index in [0.29, 0.717) is 29.7 Å². The second-order valence-electron chi connectivity index (χ2n) is 7.54. The molecule has 1 aliphatic heterocycles. The molecule has 0 aliphatic carbocycles. The fraction of sp³-hybridized carbons (Fsp3) is 0.478. The molecule has 3 aromatic rings. The summed E-state index contributed by atoms with van der Waals surface area (Å²) in [5.74, 6) is 0.134. The van der Waals surface area contributed by atoms with Crippen LogP contribution in [0, 0.1) is 18.7 Å². The molecule has 0 radical (unpaired) electrons. The topological polar surface area (TPSA) is 89.0 Å².